The molecule has 0 spiro atoms. The molecule has 0 saturated heterocycles. The molecule has 0 unspecified atom stereocenters. The Morgan fingerprint density at radius 2 is 0.714 bits per heavy atom. The van der Waals surface area contributed by atoms with Gasteiger partial charge in [0.25, 0.3) is 0 Å². The first-order chi connectivity index (χ1) is 7.93. The van der Waals surface area contributed by atoms with Gasteiger partial charge in [0.05, 0.1) is 0 Å². The predicted octanol–water partition coefficient (Wildman–Crippen LogP) is -3.78. The molecule has 0 saturated carbocycles. The van der Waals surface area contributed by atoms with Gasteiger partial charge in [0.15, 0.2) is 0 Å². The molecule has 140 valence electrons. The molecule has 11 nitrogen and oxygen atoms in total. The fourth-order valence-corrected chi connectivity index (χ4v) is 0. The molecule has 0 aliphatic heterocycles. The van der Waals surface area contributed by atoms with Crippen LogP contribution in [0.3, 0.4) is 0 Å². The van der Waals surface area contributed by atoms with Gasteiger partial charge >= 0.3 is 23.9 Å². The van der Waals surface area contributed by atoms with E-state index in [-0.39, 0.29) is 79.2 Å². The van der Waals surface area contributed by atoms with E-state index in [0.29, 0.717) is 0 Å². The maximum absolute atomic E-state index is 9.62. The van der Waals surface area contributed by atoms with E-state index in [0.717, 1.165) is 0 Å². The van der Waals surface area contributed by atoms with E-state index in [2.05, 4.69) is 13.2 Å². The number of rotatable bonds is 1. The van der Waals surface area contributed by atoms with Gasteiger partial charge in [-0.1, -0.05) is 0 Å². The first-order valence-electron chi connectivity index (χ1n) is 3.58. The van der Waals surface area contributed by atoms with Crippen molar-refractivity contribution in [1.29, 1.82) is 0 Å². The van der Waals surface area contributed by atoms with Crippen molar-refractivity contribution in [3.05, 3.63) is 24.7 Å². The summed E-state index contributed by atoms with van der Waals surface area (Å²) in [6.07, 6.45) is 0. The molecule has 0 aromatic heterocycles. The standard InChI is InChI=1S/C4H6O2.2C2H2O4.2Lu.H2O/c1-3(5)4(2)6;2*3-1(4)2(5)6;;;/h5-6H,1-2H2;2*(H,3,4)(H,5,6);;;1H2/p-2. The van der Waals surface area contributed by atoms with Crippen molar-refractivity contribution in [2.75, 3.05) is 0 Å². The second kappa shape index (κ2) is 21.7. The Kier molecular flexibility index (Phi) is 38.2. The Morgan fingerprint density at radius 1 is 0.619 bits per heavy atom. The van der Waals surface area contributed by atoms with Crippen LogP contribution in [-0.4, -0.2) is 49.8 Å². The first kappa shape index (κ1) is 37.0. The summed E-state index contributed by atoms with van der Waals surface area (Å²) in [5, 5.41) is 48.8. The molecule has 0 amide bonds. The summed E-state index contributed by atoms with van der Waals surface area (Å²) in [7, 11) is 0. The van der Waals surface area contributed by atoms with E-state index in [1.165, 1.54) is 0 Å². The normalized spacial score (nSPS) is 6.29. The zero-order valence-corrected chi connectivity index (χ0v) is 13.0. The van der Waals surface area contributed by atoms with E-state index < -0.39 is 35.4 Å². The van der Waals surface area contributed by atoms with Crippen molar-refractivity contribution in [1.82, 2.24) is 0 Å². The topological polar surface area (TPSA) is 227 Å². The van der Waals surface area contributed by atoms with Crippen LogP contribution in [0.25, 0.3) is 0 Å². The summed E-state index contributed by atoms with van der Waals surface area (Å²) >= 11 is 0. The van der Waals surface area contributed by atoms with E-state index in [4.69, 9.17) is 39.6 Å². The number of aliphatic carboxylic acids is 4. The molecular formula is C8H10Lu2O11-2. The Morgan fingerprint density at radius 3 is 0.714 bits per heavy atom. The van der Waals surface area contributed by atoms with Crippen molar-refractivity contribution in [2.45, 2.75) is 0 Å². The fourth-order valence-electron chi connectivity index (χ4n) is 0. The number of carboxylic acid groups (broad SMARTS) is 4. The van der Waals surface area contributed by atoms with Crippen LogP contribution >= 0.6 is 0 Å². The van der Waals surface area contributed by atoms with Crippen LogP contribution in [-0.2, 0) is 19.2 Å². The molecule has 13 heteroatoms. The van der Waals surface area contributed by atoms with Gasteiger partial charge < -0.3 is 36.1 Å². The Bertz CT molecular complexity index is 283. The van der Waals surface area contributed by atoms with Crippen molar-refractivity contribution in [3.63, 3.8) is 0 Å². The quantitative estimate of drug-likeness (QED) is 0.125. The minimum atomic E-state index is -1.82. The summed E-state index contributed by atoms with van der Waals surface area (Å²) in [5.41, 5.74) is 0. The van der Waals surface area contributed by atoms with Crippen molar-refractivity contribution in [2.24, 2.45) is 0 Å². The van der Waals surface area contributed by atoms with Crippen molar-refractivity contribution in [3.8, 4) is 0 Å². The van der Waals surface area contributed by atoms with Gasteiger partial charge in [-0.3, -0.25) is 0 Å². The summed E-state index contributed by atoms with van der Waals surface area (Å²) in [5.74, 6) is -8.78. The summed E-state index contributed by atoms with van der Waals surface area (Å²) in [4.78, 5) is 36.4. The molecule has 0 aliphatic carbocycles. The van der Waals surface area contributed by atoms with Crippen LogP contribution < -0.4 is 10.2 Å². The summed E-state index contributed by atoms with van der Waals surface area (Å²) < 4.78 is 0. The molecular weight excluding hydrogens is 622 g/mol. The molecule has 0 bridgehead atoms. The van der Waals surface area contributed by atoms with Crippen LogP contribution in [0.5, 0.6) is 0 Å². The fraction of sp³-hybridized carbons (Fsp3) is 0. The molecule has 6 N–H and O–H groups in total. The number of carboxylic acids is 4. The first-order valence-corrected chi connectivity index (χ1v) is 3.58. The van der Waals surface area contributed by atoms with Crippen LogP contribution in [0.4, 0.5) is 0 Å². The smallest absolute Gasteiger partial charge is 0.414 e. The zero-order chi connectivity index (χ0) is 15.5. The summed E-state index contributed by atoms with van der Waals surface area (Å²) in [6, 6.07) is 0. The number of hydrogen-bond donors (Lipinski definition) is 4. The van der Waals surface area contributed by atoms with E-state index >= 15 is 0 Å². The maximum Gasteiger partial charge on any atom is 0.414 e. The molecule has 2 radical (unpaired) electrons. The monoisotopic (exact) mass is 632 g/mol. The number of hydrogen-bond acceptors (Lipinski definition) is 6. The molecule has 0 heterocycles. The second-order valence-corrected chi connectivity index (χ2v) is 2.07. The van der Waals surface area contributed by atoms with Crippen LogP contribution in [0.15, 0.2) is 24.7 Å². The molecule has 0 rings (SSSR count). The van der Waals surface area contributed by atoms with Gasteiger partial charge in [-0.05, 0) is 0 Å². The van der Waals surface area contributed by atoms with E-state index in [1.807, 2.05) is 0 Å². The Labute approximate surface area is 175 Å². The molecule has 0 aromatic carbocycles. The maximum atomic E-state index is 9.62. The third-order valence-corrected chi connectivity index (χ3v) is 0.677. The van der Waals surface area contributed by atoms with Crippen molar-refractivity contribution >= 4 is 23.9 Å². The average Bonchev–Trinajstić information content (AvgIpc) is 2.18. The van der Waals surface area contributed by atoms with Gasteiger partial charge in [-0.15, -0.1) is 24.7 Å². The predicted molar refractivity (Wildman–Crippen MR) is 52.4 cm³/mol. The van der Waals surface area contributed by atoms with E-state index in [1.54, 1.807) is 0 Å². The summed E-state index contributed by atoms with van der Waals surface area (Å²) in [6.45, 7) is 5.57. The zero-order valence-electron chi connectivity index (χ0n) is 9.67. The SMILES string of the molecule is C=C([O-])C(=C)[O-].O.O=C(O)C(=O)O.O=C(O)C(=O)O.[Lu].[Lu]. The second-order valence-electron chi connectivity index (χ2n) is 2.07. The van der Waals surface area contributed by atoms with Gasteiger partial charge in [0.1, 0.15) is 0 Å². The minimum Gasteiger partial charge on any atom is -0.873 e. The van der Waals surface area contributed by atoms with Gasteiger partial charge in [-0.2, -0.15) is 0 Å². The van der Waals surface area contributed by atoms with Gasteiger partial charge in [0.2, 0.25) is 0 Å². The van der Waals surface area contributed by atoms with Crippen LogP contribution in [0, 0.1) is 73.7 Å². The third-order valence-electron chi connectivity index (χ3n) is 0.677. The molecule has 0 aliphatic rings. The van der Waals surface area contributed by atoms with Crippen molar-refractivity contribution < 1.29 is 129 Å². The van der Waals surface area contributed by atoms with Crippen LogP contribution in [0.2, 0.25) is 0 Å². The molecule has 0 fully saturated rings. The van der Waals surface area contributed by atoms with Gasteiger partial charge in [0, 0.05) is 73.7 Å². The number of carbonyl (C=O) groups is 4. The molecule has 21 heavy (non-hydrogen) atoms. The molecule has 0 atom stereocenters. The average molecular weight is 632 g/mol. The molecule has 0 aromatic rings. The Balaban J connectivity index is -0.0000000375. The van der Waals surface area contributed by atoms with Gasteiger partial charge in [-0.25, -0.2) is 19.2 Å². The Hall–Kier alpha value is -0.612. The van der Waals surface area contributed by atoms with Crippen LogP contribution in [0.1, 0.15) is 0 Å². The minimum absolute atomic E-state index is 0. The van der Waals surface area contributed by atoms with E-state index in [9.17, 15) is 10.2 Å². The largest absolute Gasteiger partial charge is 0.873 e. The third kappa shape index (κ3) is 45.2.